The Hall–Kier alpha value is -2.65. The fourth-order valence-electron chi connectivity index (χ4n) is 2.85. The van der Waals surface area contributed by atoms with Crippen molar-refractivity contribution in [3.05, 3.63) is 69.6 Å². The third-order valence-corrected chi connectivity index (χ3v) is 5.73. The number of esters is 1. The van der Waals surface area contributed by atoms with Crippen LogP contribution in [0.2, 0.25) is 5.02 Å². The maximum atomic E-state index is 14.4. The Balaban J connectivity index is 1.83. The average molecular weight is 474 g/mol. The highest BCUT2D eigenvalue weighted by atomic mass is 35.5. The molecule has 0 spiro atoms. The summed E-state index contributed by atoms with van der Waals surface area (Å²) >= 11 is 6.61. The van der Waals surface area contributed by atoms with Crippen molar-refractivity contribution in [2.45, 2.75) is 26.1 Å². The van der Waals surface area contributed by atoms with Crippen LogP contribution in [0.25, 0.3) is 10.4 Å². The number of carbonyl (C=O) groups excluding carboxylic acids is 1. The van der Waals surface area contributed by atoms with Gasteiger partial charge in [-0.2, -0.15) is 4.37 Å². The molecule has 0 aliphatic carbocycles. The minimum absolute atomic E-state index is 0.0307. The van der Waals surface area contributed by atoms with Gasteiger partial charge in [-0.3, -0.25) is 4.79 Å². The number of carbonyl (C=O) groups is 1. The highest BCUT2D eigenvalue weighted by molar-refractivity contribution is 7.09. The van der Waals surface area contributed by atoms with Crippen LogP contribution in [-0.4, -0.2) is 17.5 Å². The summed E-state index contributed by atoms with van der Waals surface area (Å²) in [5.74, 6) is -3.75. The molecule has 164 valence electrons. The Morgan fingerprint density at radius 1 is 1.13 bits per heavy atom. The summed E-state index contributed by atoms with van der Waals surface area (Å²) in [4.78, 5) is 11.6. The summed E-state index contributed by atoms with van der Waals surface area (Å²) in [6.07, 6.45) is 0.0601. The SMILES string of the molecule is COC(=O)CCc1cc(F)c(OCc2c(CF)nsc2-c2ccc(Cl)c(F)c2)c(F)c1. The van der Waals surface area contributed by atoms with E-state index < -0.39 is 35.8 Å². The smallest absolute Gasteiger partial charge is 0.305 e. The molecule has 0 saturated carbocycles. The van der Waals surface area contributed by atoms with Gasteiger partial charge in [0.15, 0.2) is 17.4 Å². The molecule has 0 radical (unpaired) electrons. The molecule has 1 heterocycles. The van der Waals surface area contributed by atoms with Gasteiger partial charge in [0.1, 0.15) is 19.1 Å². The van der Waals surface area contributed by atoms with Crippen LogP contribution >= 0.6 is 23.1 Å². The van der Waals surface area contributed by atoms with Gasteiger partial charge in [0.2, 0.25) is 0 Å². The minimum atomic E-state index is -0.969. The Labute approximate surface area is 184 Å². The van der Waals surface area contributed by atoms with Crippen LogP contribution in [-0.2, 0) is 29.2 Å². The molecule has 0 amide bonds. The van der Waals surface area contributed by atoms with Crippen LogP contribution in [0.4, 0.5) is 17.6 Å². The molecular formula is C21H16ClF4NO3S. The van der Waals surface area contributed by atoms with Gasteiger partial charge in [-0.25, -0.2) is 17.6 Å². The number of rotatable bonds is 8. The molecule has 4 nitrogen and oxygen atoms in total. The molecule has 0 aliphatic rings. The number of hydrogen-bond donors (Lipinski definition) is 0. The number of aryl methyl sites for hydroxylation is 1. The lowest BCUT2D eigenvalue weighted by Gasteiger charge is -2.11. The number of benzene rings is 2. The summed E-state index contributed by atoms with van der Waals surface area (Å²) in [6, 6.07) is 6.15. The Morgan fingerprint density at radius 3 is 2.45 bits per heavy atom. The molecule has 0 aliphatic heterocycles. The van der Waals surface area contributed by atoms with Crippen molar-refractivity contribution in [2.75, 3.05) is 7.11 Å². The molecule has 3 rings (SSSR count). The molecule has 0 N–H and O–H groups in total. The lowest BCUT2D eigenvalue weighted by atomic mass is 10.1. The van der Waals surface area contributed by atoms with Crippen LogP contribution in [0.3, 0.4) is 0 Å². The van der Waals surface area contributed by atoms with Crippen molar-refractivity contribution in [1.29, 1.82) is 0 Å². The number of ether oxygens (including phenoxy) is 2. The van der Waals surface area contributed by atoms with E-state index in [1.54, 1.807) is 0 Å². The largest absolute Gasteiger partial charge is 0.483 e. The van der Waals surface area contributed by atoms with Crippen molar-refractivity contribution in [1.82, 2.24) is 4.37 Å². The maximum absolute atomic E-state index is 14.4. The Morgan fingerprint density at radius 2 is 1.84 bits per heavy atom. The number of methoxy groups -OCH3 is 1. The van der Waals surface area contributed by atoms with Crippen LogP contribution in [0.15, 0.2) is 30.3 Å². The Bertz CT molecular complexity index is 1080. The van der Waals surface area contributed by atoms with E-state index in [4.69, 9.17) is 16.3 Å². The van der Waals surface area contributed by atoms with Crippen LogP contribution in [0.1, 0.15) is 23.2 Å². The average Bonchev–Trinajstić information content (AvgIpc) is 3.16. The summed E-state index contributed by atoms with van der Waals surface area (Å²) < 4.78 is 69.8. The molecular weight excluding hydrogens is 458 g/mol. The molecule has 10 heteroatoms. The molecule has 0 saturated heterocycles. The highest BCUT2D eigenvalue weighted by Crippen LogP contribution is 2.34. The predicted octanol–water partition coefficient (Wildman–Crippen LogP) is 6.03. The third-order valence-electron chi connectivity index (χ3n) is 4.44. The van der Waals surface area contributed by atoms with Gasteiger partial charge < -0.3 is 9.47 Å². The first-order chi connectivity index (χ1) is 14.8. The van der Waals surface area contributed by atoms with Crippen LogP contribution in [0.5, 0.6) is 5.75 Å². The van der Waals surface area contributed by atoms with E-state index in [0.717, 1.165) is 23.7 Å². The minimum Gasteiger partial charge on any atom is -0.483 e. The highest BCUT2D eigenvalue weighted by Gasteiger charge is 2.20. The summed E-state index contributed by atoms with van der Waals surface area (Å²) in [7, 11) is 1.22. The normalized spacial score (nSPS) is 10.9. The van der Waals surface area contributed by atoms with Crippen LogP contribution < -0.4 is 4.74 Å². The first kappa shape index (κ1) is 23.0. The van der Waals surface area contributed by atoms with Crippen molar-refractivity contribution >= 4 is 29.1 Å². The van der Waals surface area contributed by atoms with Crippen molar-refractivity contribution in [3.8, 4) is 16.2 Å². The van der Waals surface area contributed by atoms with Gasteiger partial charge in [-0.15, -0.1) is 0 Å². The van der Waals surface area contributed by atoms with E-state index in [1.807, 2.05) is 0 Å². The molecule has 1 aromatic heterocycles. The van der Waals surface area contributed by atoms with Gasteiger partial charge in [-0.05, 0) is 53.3 Å². The number of hydrogen-bond acceptors (Lipinski definition) is 5. The first-order valence-corrected chi connectivity index (χ1v) is 10.2. The molecule has 0 fully saturated rings. The van der Waals surface area contributed by atoms with Crippen molar-refractivity contribution < 1.29 is 31.8 Å². The van der Waals surface area contributed by atoms with E-state index in [0.29, 0.717) is 10.4 Å². The lowest BCUT2D eigenvalue weighted by Crippen LogP contribution is -2.05. The van der Waals surface area contributed by atoms with Crippen LogP contribution in [0, 0.1) is 17.5 Å². The van der Waals surface area contributed by atoms with E-state index in [9.17, 15) is 22.4 Å². The summed E-state index contributed by atoms with van der Waals surface area (Å²) in [5.41, 5.74) is 0.928. The second-order valence-electron chi connectivity index (χ2n) is 6.45. The standard InChI is InChI=1S/C21H16ClF4NO3S/c1-29-19(28)5-2-11-6-16(25)20(17(26)7-11)30-10-13-18(9-23)27-31-21(13)12-3-4-14(22)15(24)8-12/h3-4,6-8H,2,5,9-10H2,1H3. The molecule has 0 unspecified atom stereocenters. The zero-order valence-corrected chi connectivity index (χ0v) is 17.8. The molecule has 31 heavy (non-hydrogen) atoms. The van der Waals surface area contributed by atoms with E-state index in [2.05, 4.69) is 9.11 Å². The topological polar surface area (TPSA) is 48.4 Å². The molecule has 0 atom stereocenters. The summed E-state index contributed by atoms with van der Waals surface area (Å²) in [6.45, 7) is -1.31. The van der Waals surface area contributed by atoms with E-state index in [-0.39, 0.29) is 41.3 Å². The maximum Gasteiger partial charge on any atom is 0.305 e. The monoisotopic (exact) mass is 473 g/mol. The Kier molecular flexibility index (Phi) is 7.50. The van der Waals surface area contributed by atoms with Gasteiger partial charge >= 0.3 is 5.97 Å². The first-order valence-electron chi connectivity index (χ1n) is 9.00. The van der Waals surface area contributed by atoms with Gasteiger partial charge in [-0.1, -0.05) is 17.7 Å². The number of nitrogens with zero attached hydrogens (tertiary/aromatic N) is 1. The van der Waals surface area contributed by atoms with Crippen molar-refractivity contribution in [3.63, 3.8) is 0 Å². The predicted molar refractivity (Wildman–Crippen MR) is 108 cm³/mol. The van der Waals surface area contributed by atoms with E-state index in [1.165, 1.54) is 25.3 Å². The lowest BCUT2D eigenvalue weighted by molar-refractivity contribution is -0.140. The second-order valence-corrected chi connectivity index (χ2v) is 7.63. The van der Waals surface area contributed by atoms with Gasteiger partial charge in [0, 0.05) is 12.0 Å². The number of halogens is 5. The van der Waals surface area contributed by atoms with Gasteiger partial charge in [0.25, 0.3) is 0 Å². The molecule has 3 aromatic rings. The third kappa shape index (κ3) is 5.34. The zero-order valence-electron chi connectivity index (χ0n) is 16.2. The number of aromatic nitrogens is 1. The second kappa shape index (κ2) is 10.1. The fraction of sp³-hybridized carbons (Fsp3) is 0.238. The summed E-state index contributed by atoms with van der Waals surface area (Å²) in [5, 5.41) is -0.0757. The van der Waals surface area contributed by atoms with Crippen molar-refractivity contribution in [2.24, 2.45) is 0 Å². The fourth-order valence-corrected chi connectivity index (χ4v) is 3.84. The quantitative estimate of drug-likeness (QED) is 0.296. The molecule has 0 bridgehead atoms. The number of alkyl halides is 1. The zero-order chi connectivity index (χ0) is 22.5. The van der Waals surface area contributed by atoms with E-state index >= 15 is 0 Å². The van der Waals surface area contributed by atoms with Gasteiger partial charge in [0.05, 0.1) is 22.7 Å². The molecule has 2 aromatic carbocycles.